The molecule has 0 radical (unpaired) electrons. The van der Waals surface area contributed by atoms with Crippen molar-refractivity contribution in [3.8, 4) is 5.75 Å². The second-order valence-electron chi connectivity index (χ2n) is 12.6. The van der Waals surface area contributed by atoms with E-state index in [1.54, 1.807) is 25.3 Å². The Balaban J connectivity index is 1.04. The largest absolute Gasteiger partial charge is 0.508 e. The van der Waals surface area contributed by atoms with E-state index < -0.39 is 23.3 Å². The van der Waals surface area contributed by atoms with E-state index in [9.17, 15) is 27.9 Å². The Hall–Kier alpha value is -4.36. The van der Waals surface area contributed by atoms with Gasteiger partial charge >= 0.3 is 12.2 Å². The number of anilines is 2. The minimum atomic E-state index is -4.56. The third-order valence-electron chi connectivity index (χ3n) is 9.56. The lowest BCUT2D eigenvalue weighted by Crippen LogP contribution is -2.45. The number of benzene rings is 1. The normalized spacial score (nSPS) is 24.5. The van der Waals surface area contributed by atoms with E-state index in [1.807, 2.05) is 4.90 Å². The standard InChI is InChI=1S/C34H39F3N6O4/c1-4-42-13-15-43(16-14-42)19-22-6-7-23(17-25(22)34(35,36)37)39-32(46)41-33-18-26(33)30(33)21(3)27(44)9-5-20(2)47-28-11-12-38-31-24(28)8-10-29(45)40-31/h5-7,9,11-12,17,26,30,44H,3-4,8,10,13-16,18-19H2,1-2H3,(H,38,40,45)(H2,39,41,46)/b20-5+,27-9+/t26-,30+,33-/m0/s1. The van der Waals surface area contributed by atoms with Crippen LogP contribution in [0.4, 0.5) is 29.5 Å². The second kappa shape index (κ2) is 12.7. The number of aliphatic hydroxyl groups excluding tert-OH is 1. The number of ether oxygens (including phenoxy) is 1. The van der Waals surface area contributed by atoms with Crippen molar-refractivity contribution in [2.24, 2.45) is 11.8 Å². The van der Waals surface area contributed by atoms with Crippen molar-refractivity contribution in [3.63, 3.8) is 0 Å². The lowest BCUT2D eigenvalue weighted by molar-refractivity contribution is -0.138. The van der Waals surface area contributed by atoms with Crippen LogP contribution in [0.25, 0.3) is 0 Å². The van der Waals surface area contributed by atoms with Gasteiger partial charge in [-0.25, -0.2) is 9.78 Å². The smallest absolute Gasteiger partial charge is 0.416 e. The summed E-state index contributed by atoms with van der Waals surface area (Å²) in [4.78, 5) is 33.0. The highest BCUT2D eigenvalue weighted by Crippen LogP contribution is 2.74. The first-order valence-corrected chi connectivity index (χ1v) is 15.8. The van der Waals surface area contributed by atoms with Gasteiger partial charge in [0.15, 0.2) is 0 Å². The molecule has 13 heteroatoms. The Morgan fingerprint density at radius 1 is 1.19 bits per heavy atom. The number of carbonyl (C=O) groups is 2. The number of nitrogens with zero attached hydrogens (tertiary/aromatic N) is 3. The molecule has 1 aromatic heterocycles. The van der Waals surface area contributed by atoms with E-state index in [0.29, 0.717) is 55.3 Å². The number of aliphatic hydroxyl groups is 1. The van der Waals surface area contributed by atoms with Gasteiger partial charge in [0.25, 0.3) is 0 Å². The fourth-order valence-electron chi connectivity index (χ4n) is 6.64. The Kier molecular flexibility index (Phi) is 8.79. The van der Waals surface area contributed by atoms with Gasteiger partial charge in [-0.05, 0) is 73.7 Å². The number of carbonyl (C=O) groups excluding carboxylic acids is 2. The van der Waals surface area contributed by atoms with Gasteiger partial charge < -0.3 is 30.7 Å². The van der Waals surface area contributed by atoms with Crippen LogP contribution in [0.15, 0.2) is 66.3 Å². The summed E-state index contributed by atoms with van der Waals surface area (Å²) in [6.45, 7) is 12.0. The number of urea groups is 1. The minimum absolute atomic E-state index is 0.0557. The molecule has 0 spiro atoms. The Bertz CT molecular complexity index is 1650. The second-order valence-corrected chi connectivity index (χ2v) is 12.6. The van der Waals surface area contributed by atoms with E-state index in [1.165, 1.54) is 18.2 Å². The van der Waals surface area contributed by atoms with E-state index in [-0.39, 0.29) is 41.3 Å². The number of hydrogen-bond donors (Lipinski definition) is 4. The van der Waals surface area contributed by atoms with Crippen LogP contribution in [0.2, 0.25) is 0 Å². The van der Waals surface area contributed by atoms with Crippen LogP contribution in [-0.4, -0.2) is 70.1 Å². The van der Waals surface area contributed by atoms with Gasteiger partial charge in [0.1, 0.15) is 23.1 Å². The van der Waals surface area contributed by atoms with Gasteiger partial charge in [0.05, 0.1) is 11.1 Å². The first-order valence-electron chi connectivity index (χ1n) is 15.8. The van der Waals surface area contributed by atoms with Crippen LogP contribution >= 0.6 is 0 Å². The summed E-state index contributed by atoms with van der Waals surface area (Å²) in [5, 5.41) is 18.9. The summed E-state index contributed by atoms with van der Waals surface area (Å²) in [5.74, 6) is 1.29. The predicted molar refractivity (Wildman–Crippen MR) is 171 cm³/mol. The lowest BCUT2D eigenvalue weighted by Gasteiger charge is -2.34. The number of pyridine rings is 1. The van der Waals surface area contributed by atoms with Crippen molar-refractivity contribution in [3.05, 3.63) is 83.0 Å². The molecule has 4 aliphatic rings. The molecule has 3 amide bonds. The van der Waals surface area contributed by atoms with E-state index >= 15 is 0 Å². The van der Waals surface area contributed by atoms with Crippen molar-refractivity contribution in [2.75, 3.05) is 43.4 Å². The molecule has 2 aliphatic carbocycles. The maximum absolute atomic E-state index is 14.0. The average Bonchev–Trinajstić information content (AvgIpc) is 3.90. The van der Waals surface area contributed by atoms with Crippen molar-refractivity contribution in [2.45, 2.75) is 51.4 Å². The fourth-order valence-corrected chi connectivity index (χ4v) is 6.64. The van der Waals surface area contributed by atoms with Gasteiger partial charge in [-0.3, -0.25) is 9.69 Å². The number of aromatic nitrogens is 1. The molecule has 1 saturated heterocycles. The van der Waals surface area contributed by atoms with E-state index in [4.69, 9.17) is 4.74 Å². The number of likely N-dealkylation sites (N-methyl/N-ethyl adjacent to an activating group) is 1. The zero-order chi connectivity index (χ0) is 33.5. The molecule has 10 nitrogen and oxygen atoms in total. The zero-order valence-corrected chi connectivity index (χ0v) is 26.4. The van der Waals surface area contributed by atoms with E-state index in [2.05, 4.69) is 39.3 Å². The third kappa shape index (κ3) is 7.01. The molecule has 1 aromatic carbocycles. The molecule has 250 valence electrons. The first-order chi connectivity index (χ1) is 22.4. The zero-order valence-electron chi connectivity index (χ0n) is 26.4. The highest BCUT2D eigenvalue weighted by Gasteiger charge is 2.80. The van der Waals surface area contributed by atoms with Gasteiger partial charge in [0, 0.05) is 62.5 Å². The minimum Gasteiger partial charge on any atom is -0.508 e. The molecule has 0 bridgehead atoms. The molecule has 3 atom stereocenters. The SMILES string of the molecule is C=C(/C(O)=C\C=C(/C)Oc1ccnc2c1CCC(=O)N2)[C@@H]1[C@@H]2C[C@@]12NC(=O)Nc1ccc(CN2CCN(CC)CC2)c(C(F)(F)F)c1. The van der Waals surface area contributed by atoms with E-state index in [0.717, 1.165) is 31.3 Å². The Morgan fingerprint density at radius 3 is 2.64 bits per heavy atom. The quantitative estimate of drug-likeness (QED) is 0.195. The van der Waals surface area contributed by atoms with Crippen molar-refractivity contribution in [1.82, 2.24) is 20.1 Å². The Morgan fingerprint density at radius 2 is 1.94 bits per heavy atom. The summed E-state index contributed by atoms with van der Waals surface area (Å²) in [5.41, 5.74) is 0.156. The molecule has 2 aromatic rings. The molecule has 3 fully saturated rings. The van der Waals surface area contributed by atoms with Crippen molar-refractivity contribution < 1.29 is 32.6 Å². The monoisotopic (exact) mass is 652 g/mol. The van der Waals surface area contributed by atoms with Gasteiger partial charge in [-0.2, -0.15) is 13.2 Å². The summed E-state index contributed by atoms with van der Waals surface area (Å²) >= 11 is 0. The Labute approximate surface area is 271 Å². The number of hydrogen-bond acceptors (Lipinski definition) is 7. The van der Waals surface area contributed by atoms with Crippen LogP contribution in [-0.2, 0) is 23.9 Å². The molecular formula is C34H39F3N6O4. The summed E-state index contributed by atoms with van der Waals surface area (Å²) in [6, 6.07) is 5.03. The number of alkyl halides is 3. The average molecular weight is 653 g/mol. The molecule has 2 aliphatic heterocycles. The number of fused-ring (bicyclic) bond motifs is 2. The van der Waals surface area contributed by atoms with Gasteiger partial charge in [-0.1, -0.05) is 19.6 Å². The molecule has 4 N–H and O–H groups in total. The topological polar surface area (TPSA) is 119 Å². The fraction of sp³-hybridized carbons (Fsp3) is 0.441. The third-order valence-corrected chi connectivity index (χ3v) is 9.56. The van der Waals surface area contributed by atoms with Crippen LogP contribution in [0.3, 0.4) is 0 Å². The highest BCUT2D eigenvalue weighted by atomic mass is 19.4. The number of allylic oxidation sites excluding steroid dienone is 4. The maximum Gasteiger partial charge on any atom is 0.416 e. The summed E-state index contributed by atoms with van der Waals surface area (Å²) in [6.07, 6.45) is 1.60. The first kappa shape index (κ1) is 32.6. The molecule has 3 heterocycles. The van der Waals surface area contributed by atoms with Crippen LogP contribution in [0, 0.1) is 11.8 Å². The lowest BCUT2D eigenvalue weighted by atomic mass is 10.0. The summed E-state index contributed by atoms with van der Waals surface area (Å²) in [7, 11) is 0. The van der Waals surface area contributed by atoms with Gasteiger partial charge in [-0.15, -0.1) is 0 Å². The maximum atomic E-state index is 14.0. The number of halogens is 3. The summed E-state index contributed by atoms with van der Waals surface area (Å²) < 4.78 is 48.0. The van der Waals surface area contributed by atoms with Crippen molar-refractivity contribution >= 4 is 23.4 Å². The van der Waals surface area contributed by atoms with Crippen LogP contribution in [0.1, 0.15) is 43.4 Å². The van der Waals surface area contributed by atoms with Gasteiger partial charge in [0.2, 0.25) is 5.91 Å². The molecule has 2 saturated carbocycles. The predicted octanol–water partition coefficient (Wildman–Crippen LogP) is 5.61. The molecule has 6 rings (SSSR count). The highest BCUT2D eigenvalue weighted by molar-refractivity contribution is 5.93. The molecular weight excluding hydrogens is 613 g/mol. The molecule has 47 heavy (non-hydrogen) atoms. The number of nitrogens with one attached hydrogen (secondary N) is 3. The van der Waals surface area contributed by atoms with Crippen LogP contribution in [0.5, 0.6) is 5.75 Å². The number of rotatable bonds is 10. The molecule has 0 unspecified atom stereocenters. The number of amides is 3. The number of piperazine rings is 1. The van der Waals surface area contributed by atoms with Crippen LogP contribution < -0.4 is 20.7 Å². The van der Waals surface area contributed by atoms with Crippen molar-refractivity contribution in [1.29, 1.82) is 0 Å².